The molecule has 0 aliphatic rings. The highest BCUT2D eigenvalue weighted by molar-refractivity contribution is 5.89. The highest BCUT2D eigenvalue weighted by Gasteiger charge is 2.20. The molecular weight excluding hydrogens is 290 g/mol. The van der Waals surface area contributed by atoms with Gasteiger partial charge in [0.05, 0.1) is 0 Å². The van der Waals surface area contributed by atoms with Crippen LogP contribution >= 0.6 is 0 Å². The molecule has 0 atom stereocenters. The number of para-hydroxylation sites is 1. The molecule has 0 radical (unpaired) electrons. The number of carbonyl (C=O) groups excluding carboxylic acids is 1. The van der Waals surface area contributed by atoms with Gasteiger partial charge in [0, 0.05) is 14.2 Å². The Bertz CT molecular complexity index is 457. The van der Waals surface area contributed by atoms with Crippen molar-refractivity contribution < 1.29 is 28.5 Å². The van der Waals surface area contributed by atoms with Crippen molar-refractivity contribution in [3.8, 4) is 11.5 Å². The first-order chi connectivity index (χ1) is 10.4. The zero-order valence-corrected chi connectivity index (χ0v) is 13.6. The van der Waals surface area contributed by atoms with Crippen LogP contribution in [0.5, 0.6) is 11.5 Å². The molecule has 0 unspecified atom stereocenters. The summed E-state index contributed by atoms with van der Waals surface area (Å²) in [4.78, 5) is 12.0. The molecule has 0 aromatic heterocycles. The maximum Gasteiger partial charge on any atom is 0.412 e. The summed E-state index contributed by atoms with van der Waals surface area (Å²) >= 11 is 0. The SMILES string of the molecule is COCOc1cccc(OCOC)c1NC(=O)OC(C)(C)C. The van der Waals surface area contributed by atoms with Crippen molar-refractivity contribution in [3.63, 3.8) is 0 Å². The standard InChI is InChI=1S/C15H23NO6/c1-15(2,3)22-14(17)16-13-11(20-9-18-4)7-6-8-12(13)21-10-19-5/h6-8H,9-10H2,1-5H3,(H,16,17). The monoisotopic (exact) mass is 313 g/mol. The van der Waals surface area contributed by atoms with E-state index in [1.54, 1.807) is 39.0 Å². The molecule has 1 N–H and O–H groups in total. The van der Waals surface area contributed by atoms with Crippen LogP contribution in [0.25, 0.3) is 0 Å². The van der Waals surface area contributed by atoms with E-state index >= 15 is 0 Å². The van der Waals surface area contributed by atoms with E-state index in [2.05, 4.69) is 5.32 Å². The summed E-state index contributed by atoms with van der Waals surface area (Å²) in [5.41, 5.74) is -0.259. The number of methoxy groups -OCH3 is 2. The van der Waals surface area contributed by atoms with Crippen LogP contribution in [0.2, 0.25) is 0 Å². The third-order valence-corrected chi connectivity index (χ3v) is 2.28. The summed E-state index contributed by atoms with van der Waals surface area (Å²) in [7, 11) is 3.01. The first kappa shape index (κ1) is 18.1. The van der Waals surface area contributed by atoms with E-state index in [1.807, 2.05) is 0 Å². The van der Waals surface area contributed by atoms with Crippen molar-refractivity contribution in [1.82, 2.24) is 0 Å². The van der Waals surface area contributed by atoms with E-state index in [0.717, 1.165) is 0 Å². The van der Waals surface area contributed by atoms with E-state index in [4.69, 9.17) is 23.7 Å². The lowest BCUT2D eigenvalue weighted by Crippen LogP contribution is -2.27. The molecule has 0 heterocycles. The van der Waals surface area contributed by atoms with Crippen molar-refractivity contribution in [1.29, 1.82) is 0 Å². The van der Waals surface area contributed by atoms with Crippen LogP contribution in [-0.2, 0) is 14.2 Å². The number of ether oxygens (including phenoxy) is 5. The number of benzene rings is 1. The van der Waals surface area contributed by atoms with Crippen molar-refractivity contribution in [2.75, 3.05) is 33.1 Å². The zero-order valence-electron chi connectivity index (χ0n) is 13.6. The van der Waals surface area contributed by atoms with Gasteiger partial charge in [0.25, 0.3) is 0 Å². The summed E-state index contributed by atoms with van der Waals surface area (Å²) in [6.07, 6.45) is -0.608. The molecule has 1 aromatic rings. The predicted octanol–water partition coefficient (Wildman–Crippen LogP) is 3.00. The summed E-state index contributed by atoms with van der Waals surface area (Å²) < 4.78 is 25.8. The minimum atomic E-state index is -0.611. The normalized spacial score (nSPS) is 11.0. The number of hydrogen-bond donors (Lipinski definition) is 1. The Hall–Kier alpha value is -1.99. The van der Waals surface area contributed by atoms with Gasteiger partial charge in [-0.15, -0.1) is 0 Å². The molecule has 1 aromatic carbocycles. The smallest absolute Gasteiger partial charge is 0.412 e. The van der Waals surface area contributed by atoms with Crippen LogP contribution in [-0.4, -0.2) is 39.5 Å². The van der Waals surface area contributed by atoms with Crippen LogP contribution in [0.1, 0.15) is 20.8 Å². The largest absolute Gasteiger partial charge is 0.465 e. The summed E-state index contributed by atoms with van der Waals surface area (Å²) in [5.74, 6) is 0.808. The quantitative estimate of drug-likeness (QED) is 0.780. The van der Waals surface area contributed by atoms with Gasteiger partial charge in [0.1, 0.15) is 22.8 Å². The summed E-state index contributed by atoms with van der Waals surface area (Å²) in [6.45, 7) is 5.42. The molecule has 0 bridgehead atoms. The Balaban J connectivity index is 2.97. The number of hydrogen-bond acceptors (Lipinski definition) is 6. The maximum absolute atomic E-state index is 12.0. The van der Waals surface area contributed by atoms with Crippen LogP contribution in [0.4, 0.5) is 10.5 Å². The van der Waals surface area contributed by atoms with E-state index < -0.39 is 11.7 Å². The lowest BCUT2D eigenvalue weighted by Gasteiger charge is -2.21. The van der Waals surface area contributed by atoms with E-state index in [9.17, 15) is 4.79 Å². The third kappa shape index (κ3) is 6.19. The zero-order chi connectivity index (χ0) is 16.6. The summed E-state index contributed by atoms with van der Waals surface area (Å²) in [6, 6.07) is 5.10. The van der Waals surface area contributed by atoms with Gasteiger partial charge >= 0.3 is 6.09 Å². The molecule has 7 nitrogen and oxygen atoms in total. The van der Waals surface area contributed by atoms with Crippen LogP contribution in [0, 0.1) is 0 Å². The van der Waals surface area contributed by atoms with E-state index in [0.29, 0.717) is 17.2 Å². The molecule has 0 spiro atoms. The van der Waals surface area contributed by atoms with Gasteiger partial charge in [-0.2, -0.15) is 0 Å². The van der Waals surface area contributed by atoms with Crippen molar-refractivity contribution >= 4 is 11.8 Å². The van der Waals surface area contributed by atoms with Gasteiger partial charge in [0.2, 0.25) is 0 Å². The second-order valence-corrected chi connectivity index (χ2v) is 5.36. The van der Waals surface area contributed by atoms with Crippen LogP contribution in [0.3, 0.4) is 0 Å². The molecule has 7 heteroatoms. The second kappa shape index (κ2) is 8.45. The molecule has 0 aliphatic carbocycles. The first-order valence-corrected chi connectivity index (χ1v) is 6.74. The lowest BCUT2D eigenvalue weighted by molar-refractivity contribution is 0.0460. The van der Waals surface area contributed by atoms with Crippen molar-refractivity contribution in [3.05, 3.63) is 18.2 Å². The van der Waals surface area contributed by atoms with Crippen molar-refractivity contribution in [2.24, 2.45) is 0 Å². The molecule has 0 saturated heterocycles. The molecule has 22 heavy (non-hydrogen) atoms. The number of carbonyl (C=O) groups is 1. The highest BCUT2D eigenvalue weighted by atomic mass is 16.7. The Labute approximate surface area is 130 Å². The fourth-order valence-corrected chi connectivity index (χ4v) is 1.53. The average Bonchev–Trinajstić information content (AvgIpc) is 2.42. The number of nitrogens with one attached hydrogen (secondary N) is 1. The molecule has 1 rings (SSSR count). The number of rotatable bonds is 7. The molecular formula is C15H23NO6. The Morgan fingerprint density at radius 2 is 1.55 bits per heavy atom. The first-order valence-electron chi connectivity index (χ1n) is 6.74. The minimum Gasteiger partial charge on any atom is -0.465 e. The van der Waals surface area contributed by atoms with Crippen LogP contribution in [0.15, 0.2) is 18.2 Å². The number of anilines is 1. The highest BCUT2D eigenvalue weighted by Crippen LogP contribution is 2.35. The molecule has 0 aliphatic heterocycles. The topological polar surface area (TPSA) is 75.3 Å². The van der Waals surface area contributed by atoms with Crippen molar-refractivity contribution in [2.45, 2.75) is 26.4 Å². The van der Waals surface area contributed by atoms with Crippen LogP contribution < -0.4 is 14.8 Å². The molecule has 0 fully saturated rings. The Kier molecular flexibility index (Phi) is 6.94. The van der Waals surface area contributed by atoms with E-state index in [1.165, 1.54) is 14.2 Å². The lowest BCUT2D eigenvalue weighted by atomic mass is 10.2. The van der Waals surface area contributed by atoms with E-state index in [-0.39, 0.29) is 13.6 Å². The summed E-state index contributed by atoms with van der Waals surface area (Å²) in [5, 5.41) is 2.63. The van der Waals surface area contributed by atoms with Gasteiger partial charge in [-0.05, 0) is 32.9 Å². The fraction of sp³-hybridized carbons (Fsp3) is 0.533. The van der Waals surface area contributed by atoms with Gasteiger partial charge < -0.3 is 23.7 Å². The maximum atomic E-state index is 12.0. The van der Waals surface area contributed by atoms with Gasteiger partial charge in [-0.25, -0.2) is 4.79 Å². The number of amides is 1. The van der Waals surface area contributed by atoms with Gasteiger partial charge in [-0.3, -0.25) is 5.32 Å². The molecule has 0 saturated carbocycles. The van der Waals surface area contributed by atoms with Gasteiger partial charge in [0.15, 0.2) is 13.6 Å². The van der Waals surface area contributed by atoms with Gasteiger partial charge in [-0.1, -0.05) is 6.07 Å². The minimum absolute atomic E-state index is 0.0384. The Morgan fingerprint density at radius 1 is 1.05 bits per heavy atom. The fourth-order valence-electron chi connectivity index (χ4n) is 1.53. The second-order valence-electron chi connectivity index (χ2n) is 5.36. The third-order valence-electron chi connectivity index (χ3n) is 2.28. The Morgan fingerprint density at radius 3 is 1.95 bits per heavy atom. The average molecular weight is 313 g/mol. The predicted molar refractivity (Wildman–Crippen MR) is 81.3 cm³/mol. The molecule has 124 valence electrons. The molecule has 1 amide bonds.